The number of aryl methyl sites for hydroxylation is 1. The molecule has 0 spiro atoms. The van der Waals surface area contributed by atoms with Crippen LogP contribution in [0.15, 0.2) is 24.3 Å². The number of aliphatic hydroxyl groups excluding tert-OH is 1. The molecule has 19 nitrogen and oxygen atoms in total. The lowest BCUT2D eigenvalue weighted by Crippen LogP contribution is -2.61. The fraction of sp³-hybridized carbons (Fsp3) is 0.792. The Labute approximate surface area is 396 Å². The molecule has 0 radical (unpaired) electrons. The Hall–Kier alpha value is -3.66. The van der Waals surface area contributed by atoms with E-state index in [0.29, 0.717) is 18.5 Å². The summed E-state index contributed by atoms with van der Waals surface area (Å²) in [4.78, 5) is 57.4. The summed E-state index contributed by atoms with van der Waals surface area (Å²) in [5.41, 5.74) is 1.75. The molecule has 67 heavy (non-hydrogen) atoms. The van der Waals surface area contributed by atoms with Gasteiger partial charge in [-0.1, -0.05) is 38.5 Å². The number of ether oxygens (including phenoxy) is 9. The summed E-state index contributed by atoms with van der Waals surface area (Å²) in [5.74, 6) is -3.32. The van der Waals surface area contributed by atoms with E-state index in [1.165, 1.54) is 7.11 Å². The van der Waals surface area contributed by atoms with E-state index < -0.39 is 114 Å². The molecule has 4 aliphatic heterocycles. The average molecular weight is 951 g/mol. The summed E-state index contributed by atoms with van der Waals surface area (Å²) in [6, 6.07) is 6.10. The van der Waals surface area contributed by atoms with Gasteiger partial charge in [0, 0.05) is 43.6 Å². The molecular weight excluding hydrogens is 873 g/mol. The minimum absolute atomic E-state index is 0.00716. The van der Waals surface area contributed by atoms with E-state index in [-0.39, 0.29) is 37.3 Å². The fourth-order valence-corrected chi connectivity index (χ4v) is 10.6. The van der Waals surface area contributed by atoms with Crippen molar-refractivity contribution in [1.29, 1.82) is 0 Å². The molecule has 4 saturated heterocycles. The van der Waals surface area contributed by atoms with Gasteiger partial charge in [-0.2, -0.15) is 0 Å². The van der Waals surface area contributed by atoms with E-state index >= 15 is 0 Å². The van der Waals surface area contributed by atoms with Gasteiger partial charge in [-0.05, 0) is 114 Å². The van der Waals surface area contributed by atoms with Gasteiger partial charge in [-0.15, -0.1) is 0 Å². The predicted molar refractivity (Wildman–Crippen MR) is 243 cm³/mol. The largest absolute Gasteiger partial charge is 0.509 e. The van der Waals surface area contributed by atoms with E-state index in [2.05, 4.69) is 10.9 Å². The van der Waals surface area contributed by atoms with Crippen molar-refractivity contribution >= 4 is 24.1 Å². The number of methoxy groups -OCH3 is 1. The van der Waals surface area contributed by atoms with E-state index in [1.54, 1.807) is 65.8 Å². The number of hydrogen-bond acceptors (Lipinski definition) is 17. The van der Waals surface area contributed by atoms with Crippen molar-refractivity contribution in [2.24, 2.45) is 17.8 Å². The molecule has 19 heteroatoms. The molecule has 1 aromatic rings. The van der Waals surface area contributed by atoms with E-state index in [4.69, 9.17) is 42.6 Å². The maximum atomic E-state index is 14.7. The van der Waals surface area contributed by atoms with Crippen molar-refractivity contribution in [3.8, 4) is 0 Å². The number of aliphatic hydroxyl groups is 2. The molecule has 18 atom stereocenters. The minimum Gasteiger partial charge on any atom is -0.458 e. The third-order valence-corrected chi connectivity index (χ3v) is 14.5. The molecule has 1 aromatic carbocycles. The minimum atomic E-state index is -1.63. The second-order valence-corrected chi connectivity index (χ2v) is 20.4. The Morgan fingerprint density at radius 2 is 1.60 bits per heavy atom. The third kappa shape index (κ3) is 12.4. The lowest BCUT2D eigenvalue weighted by atomic mass is 9.77. The zero-order chi connectivity index (χ0) is 49.9. The van der Waals surface area contributed by atoms with E-state index in [1.807, 2.05) is 65.6 Å². The Balaban J connectivity index is 1.50. The molecule has 0 aliphatic carbocycles. The number of benzene rings is 1. The van der Waals surface area contributed by atoms with Crippen LogP contribution in [0.25, 0.3) is 0 Å². The SMILES string of the molecule is CC[C@@H]1OC(=O)[C@H](C)[C@H](O[C@H]2C[C@@](C)(OC)[C@@H](OC(=O)NNC(=O)c3ccc(C)cc3)[C@H](C)O2)[C@@H](C)[C@@H](O[C@@H]2O[C@H](C)C[C@H](N(C)C)[C@H]2O)[C@@](C)(O)C[C@@H](C)CN(C)[C@@H](C)[C@@H]2OC(=O)O[C@]12C. The number of fused-ring (bicyclic) bond motifs is 1. The van der Waals surface area contributed by atoms with Crippen molar-refractivity contribution in [2.45, 2.75) is 192 Å². The lowest BCUT2D eigenvalue weighted by Gasteiger charge is -2.49. The highest BCUT2D eigenvalue weighted by Crippen LogP contribution is 2.42. The number of hydrogen-bond donors (Lipinski definition) is 4. The number of cyclic esters (lactones) is 1. The molecule has 2 amide bonds. The zero-order valence-corrected chi connectivity index (χ0v) is 42.1. The highest BCUT2D eigenvalue weighted by atomic mass is 16.8. The number of carbonyl (C=O) groups is 4. The number of rotatable bonds is 9. The smallest absolute Gasteiger partial charge is 0.458 e. The second kappa shape index (κ2) is 22.0. The number of nitrogens with zero attached hydrogens (tertiary/aromatic N) is 2. The average Bonchev–Trinajstić information content (AvgIpc) is 3.57. The summed E-state index contributed by atoms with van der Waals surface area (Å²) >= 11 is 0. The standard InChI is InChI=1S/C48H78N4O15/c1-16-34-48(11)39(66-45(57)67-48)30(7)52(14)24-26(3)22-46(9,58)38(64-43-36(53)33(51(12)13)21-27(4)60-43)28(5)37(29(6)42(55)62-34)63-35-23-47(10,59-15)40(31(8)61-35)65-44(56)50-49-41(54)32-19-17-25(2)18-20-32/h17-20,26-31,33-40,43,53,58H,16,21-24H2,1-15H3,(H,49,54)(H,50,56)/t26-,27-,28-,29-,30+,31+,33+,34+,35+,36-,37-,38-,39+,40+,43+,46+,47-,48-/m1/s1. The molecule has 4 fully saturated rings. The highest BCUT2D eigenvalue weighted by molar-refractivity contribution is 5.94. The van der Waals surface area contributed by atoms with Gasteiger partial charge in [0.2, 0.25) is 0 Å². The van der Waals surface area contributed by atoms with Crippen LogP contribution in [0.3, 0.4) is 0 Å². The van der Waals surface area contributed by atoms with Crippen LogP contribution in [0.4, 0.5) is 9.59 Å². The van der Waals surface area contributed by atoms with Gasteiger partial charge in [0.05, 0.1) is 35.9 Å². The lowest BCUT2D eigenvalue weighted by molar-refractivity contribution is -0.317. The normalized spacial score (nSPS) is 41.4. The van der Waals surface area contributed by atoms with Crippen LogP contribution in [-0.2, 0) is 47.4 Å². The molecule has 0 bridgehead atoms. The first-order chi connectivity index (χ1) is 31.2. The molecule has 0 unspecified atom stereocenters. The van der Waals surface area contributed by atoms with Crippen LogP contribution in [0.5, 0.6) is 0 Å². The van der Waals surface area contributed by atoms with Crippen molar-refractivity contribution < 1.29 is 72.0 Å². The van der Waals surface area contributed by atoms with Crippen LogP contribution < -0.4 is 10.9 Å². The van der Waals surface area contributed by atoms with Gasteiger partial charge < -0.3 is 57.7 Å². The van der Waals surface area contributed by atoms with Crippen LogP contribution >= 0.6 is 0 Å². The number of nitrogens with one attached hydrogen (secondary N) is 2. The second-order valence-electron chi connectivity index (χ2n) is 20.4. The Bertz CT molecular complexity index is 1850. The Kier molecular flexibility index (Phi) is 17.8. The third-order valence-electron chi connectivity index (χ3n) is 14.5. The molecule has 0 saturated carbocycles. The fourth-order valence-electron chi connectivity index (χ4n) is 10.6. The molecule has 4 aliphatic rings. The summed E-state index contributed by atoms with van der Waals surface area (Å²) < 4.78 is 56.3. The van der Waals surface area contributed by atoms with Crippen LogP contribution in [0.1, 0.15) is 111 Å². The molecule has 5 rings (SSSR count). The molecule has 4 heterocycles. The maximum absolute atomic E-state index is 14.7. The van der Waals surface area contributed by atoms with Crippen LogP contribution in [0.2, 0.25) is 0 Å². The van der Waals surface area contributed by atoms with E-state index in [0.717, 1.165) is 5.56 Å². The van der Waals surface area contributed by atoms with Gasteiger partial charge in [0.1, 0.15) is 17.8 Å². The Morgan fingerprint density at radius 3 is 2.21 bits per heavy atom. The van der Waals surface area contributed by atoms with Crippen molar-refractivity contribution in [2.75, 3.05) is 34.8 Å². The first kappa shape index (κ1) is 54.3. The summed E-state index contributed by atoms with van der Waals surface area (Å²) in [6.07, 6.45) is -10.3. The maximum Gasteiger partial charge on any atom is 0.509 e. The molecule has 380 valence electrons. The number of hydrazine groups is 1. The first-order valence-electron chi connectivity index (χ1n) is 23.6. The van der Waals surface area contributed by atoms with Crippen LogP contribution in [0, 0.1) is 24.7 Å². The summed E-state index contributed by atoms with van der Waals surface area (Å²) in [7, 11) is 7.11. The number of amides is 2. The molecule has 0 aromatic heterocycles. The molecular formula is C48H78N4O15. The quantitative estimate of drug-likeness (QED) is 0.152. The van der Waals surface area contributed by atoms with Gasteiger partial charge >= 0.3 is 18.2 Å². The topological polar surface area (TPSA) is 222 Å². The van der Waals surface area contributed by atoms with Crippen molar-refractivity contribution in [1.82, 2.24) is 20.7 Å². The summed E-state index contributed by atoms with van der Waals surface area (Å²) in [6.45, 7) is 20.2. The molecule has 4 N–H and O–H groups in total. The number of esters is 1. The van der Waals surface area contributed by atoms with Crippen molar-refractivity contribution in [3.05, 3.63) is 35.4 Å². The Morgan fingerprint density at radius 1 is 0.940 bits per heavy atom. The highest BCUT2D eigenvalue weighted by Gasteiger charge is 2.58. The predicted octanol–water partition coefficient (Wildman–Crippen LogP) is 4.47. The van der Waals surface area contributed by atoms with Gasteiger partial charge in [-0.25, -0.2) is 15.0 Å². The van der Waals surface area contributed by atoms with E-state index in [9.17, 15) is 29.4 Å². The van der Waals surface area contributed by atoms with Crippen molar-refractivity contribution in [3.63, 3.8) is 0 Å². The number of likely N-dealkylation sites (N-methyl/N-ethyl adjacent to an activating group) is 2. The first-order valence-corrected chi connectivity index (χ1v) is 23.6. The van der Waals surface area contributed by atoms with Gasteiger partial charge in [0.15, 0.2) is 30.4 Å². The van der Waals surface area contributed by atoms with Gasteiger partial charge in [0.25, 0.3) is 5.91 Å². The van der Waals surface area contributed by atoms with Crippen LogP contribution in [-0.4, -0.2) is 169 Å². The number of carbonyl (C=O) groups excluding carboxylic acids is 4. The summed E-state index contributed by atoms with van der Waals surface area (Å²) in [5, 5.41) is 24.5. The zero-order valence-electron chi connectivity index (χ0n) is 42.1. The monoisotopic (exact) mass is 951 g/mol. The van der Waals surface area contributed by atoms with Gasteiger partial charge in [-0.3, -0.25) is 19.9 Å².